The highest BCUT2D eigenvalue weighted by molar-refractivity contribution is 6.31. The molecule has 0 saturated heterocycles. The van der Waals surface area contributed by atoms with Gasteiger partial charge >= 0.3 is 5.97 Å². The lowest BCUT2D eigenvalue weighted by Crippen LogP contribution is -2.21. The van der Waals surface area contributed by atoms with Crippen molar-refractivity contribution < 1.29 is 13.9 Å². The number of nitrogens with zero attached hydrogens (tertiary/aromatic N) is 1. The summed E-state index contributed by atoms with van der Waals surface area (Å²) in [6.45, 7) is 2.03. The van der Waals surface area contributed by atoms with E-state index in [1.165, 1.54) is 12.3 Å². The molecule has 2 aromatic carbocycles. The summed E-state index contributed by atoms with van der Waals surface area (Å²) in [6, 6.07) is 9.57. The number of fused-ring (bicyclic) bond motifs is 1. The lowest BCUT2D eigenvalue weighted by Gasteiger charge is -2.14. The molecule has 0 saturated carbocycles. The standard InChI is InChI=1S/C19H14Cl2FNO3/c1-2-26-19(25)13-10-23(9-11-5-3-4-6-14(11)20)17-8-15(21)16(22)7-12(17)18(13)24/h3-8,10H,2,9H2,1H3. The lowest BCUT2D eigenvalue weighted by molar-refractivity contribution is 0.0524. The molecular weight excluding hydrogens is 380 g/mol. The van der Waals surface area contributed by atoms with Gasteiger partial charge in [-0.3, -0.25) is 4.79 Å². The summed E-state index contributed by atoms with van der Waals surface area (Å²) in [5.74, 6) is -1.50. The van der Waals surface area contributed by atoms with E-state index < -0.39 is 17.2 Å². The summed E-state index contributed by atoms with van der Waals surface area (Å²) in [5.41, 5.74) is 0.390. The molecule has 4 nitrogen and oxygen atoms in total. The lowest BCUT2D eigenvalue weighted by atomic mass is 10.1. The number of hydrogen-bond acceptors (Lipinski definition) is 3. The monoisotopic (exact) mass is 393 g/mol. The van der Waals surface area contributed by atoms with Gasteiger partial charge in [-0.25, -0.2) is 9.18 Å². The Balaban J connectivity index is 2.27. The van der Waals surface area contributed by atoms with Crippen molar-refractivity contribution in [1.29, 1.82) is 0 Å². The molecule has 1 aromatic heterocycles. The van der Waals surface area contributed by atoms with Gasteiger partial charge in [0.2, 0.25) is 5.43 Å². The minimum absolute atomic E-state index is 0.0458. The topological polar surface area (TPSA) is 48.3 Å². The Bertz CT molecular complexity index is 1060. The van der Waals surface area contributed by atoms with Gasteiger partial charge in [-0.05, 0) is 30.7 Å². The Morgan fingerprint density at radius 3 is 2.62 bits per heavy atom. The maximum absolute atomic E-state index is 13.9. The molecule has 0 spiro atoms. The number of carbonyl (C=O) groups excluding carboxylic acids is 1. The van der Waals surface area contributed by atoms with Gasteiger partial charge < -0.3 is 9.30 Å². The van der Waals surface area contributed by atoms with Gasteiger partial charge in [0.1, 0.15) is 11.4 Å². The van der Waals surface area contributed by atoms with Crippen molar-refractivity contribution in [2.45, 2.75) is 13.5 Å². The molecule has 26 heavy (non-hydrogen) atoms. The van der Waals surface area contributed by atoms with E-state index in [2.05, 4.69) is 0 Å². The number of aromatic nitrogens is 1. The van der Waals surface area contributed by atoms with Gasteiger partial charge in [-0.15, -0.1) is 0 Å². The van der Waals surface area contributed by atoms with Crippen LogP contribution >= 0.6 is 23.2 Å². The van der Waals surface area contributed by atoms with E-state index in [4.69, 9.17) is 27.9 Å². The van der Waals surface area contributed by atoms with Crippen LogP contribution in [0.15, 0.2) is 47.4 Å². The second kappa shape index (κ2) is 7.48. The number of halogens is 3. The van der Waals surface area contributed by atoms with Crippen LogP contribution in [0.5, 0.6) is 0 Å². The fourth-order valence-electron chi connectivity index (χ4n) is 2.68. The maximum Gasteiger partial charge on any atom is 0.343 e. The molecule has 0 radical (unpaired) electrons. The molecular formula is C19H14Cl2FNO3. The quantitative estimate of drug-likeness (QED) is 0.605. The van der Waals surface area contributed by atoms with Gasteiger partial charge in [0.15, 0.2) is 0 Å². The predicted octanol–water partition coefficient (Wildman–Crippen LogP) is 4.67. The van der Waals surface area contributed by atoms with Crippen LogP contribution < -0.4 is 5.43 Å². The third-order valence-corrected chi connectivity index (χ3v) is 4.57. The summed E-state index contributed by atoms with van der Waals surface area (Å²) < 4.78 is 20.5. The van der Waals surface area contributed by atoms with E-state index in [1.807, 2.05) is 12.1 Å². The minimum atomic E-state index is -0.761. The Morgan fingerprint density at radius 2 is 1.92 bits per heavy atom. The van der Waals surface area contributed by atoms with Crippen LogP contribution in [0.4, 0.5) is 4.39 Å². The highest BCUT2D eigenvalue weighted by Gasteiger charge is 2.18. The Labute approximate surface area is 158 Å². The van der Waals surface area contributed by atoms with Gasteiger partial charge in [0, 0.05) is 23.2 Å². The zero-order valence-electron chi connectivity index (χ0n) is 13.8. The zero-order chi connectivity index (χ0) is 18.8. The van der Waals surface area contributed by atoms with Gasteiger partial charge in [-0.1, -0.05) is 41.4 Å². The molecule has 1 heterocycles. The summed E-state index contributed by atoms with van der Waals surface area (Å²) in [4.78, 5) is 24.8. The molecule has 3 rings (SSSR count). The van der Waals surface area contributed by atoms with Crippen molar-refractivity contribution >= 4 is 40.1 Å². The molecule has 0 amide bonds. The number of ether oxygens (including phenoxy) is 1. The third kappa shape index (κ3) is 3.45. The predicted molar refractivity (Wildman–Crippen MR) is 99.7 cm³/mol. The first-order valence-electron chi connectivity index (χ1n) is 7.85. The molecule has 0 aliphatic heterocycles. The molecule has 0 bridgehead atoms. The zero-order valence-corrected chi connectivity index (χ0v) is 15.3. The molecule has 134 valence electrons. The molecule has 0 aliphatic rings. The van der Waals surface area contributed by atoms with Crippen LogP contribution in [0.25, 0.3) is 10.9 Å². The van der Waals surface area contributed by atoms with Gasteiger partial charge in [0.25, 0.3) is 0 Å². The van der Waals surface area contributed by atoms with Crippen molar-refractivity contribution in [3.8, 4) is 0 Å². The van der Waals surface area contributed by atoms with E-state index in [1.54, 1.807) is 23.6 Å². The SMILES string of the molecule is CCOC(=O)c1cn(Cc2ccccc2Cl)c2cc(Cl)c(F)cc2c1=O. The van der Waals surface area contributed by atoms with Gasteiger partial charge in [-0.2, -0.15) is 0 Å². The molecule has 7 heteroatoms. The van der Waals surface area contributed by atoms with Crippen molar-refractivity contribution in [2.24, 2.45) is 0 Å². The Morgan fingerprint density at radius 1 is 1.19 bits per heavy atom. The largest absolute Gasteiger partial charge is 0.462 e. The number of esters is 1. The Kier molecular flexibility index (Phi) is 5.30. The van der Waals surface area contributed by atoms with E-state index in [9.17, 15) is 14.0 Å². The van der Waals surface area contributed by atoms with Crippen molar-refractivity contribution in [2.75, 3.05) is 6.61 Å². The molecule has 3 aromatic rings. The fraction of sp³-hybridized carbons (Fsp3) is 0.158. The van der Waals surface area contributed by atoms with Crippen LogP contribution in [-0.4, -0.2) is 17.1 Å². The summed E-state index contributed by atoms with van der Waals surface area (Å²) in [7, 11) is 0. The first-order valence-corrected chi connectivity index (χ1v) is 8.60. The highest BCUT2D eigenvalue weighted by atomic mass is 35.5. The minimum Gasteiger partial charge on any atom is -0.462 e. The van der Waals surface area contributed by atoms with E-state index in [-0.39, 0.29) is 29.1 Å². The van der Waals surface area contributed by atoms with E-state index >= 15 is 0 Å². The second-order valence-corrected chi connectivity index (χ2v) is 6.41. The normalized spacial score (nSPS) is 10.9. The van der Waals surface area contributed by atoms with Crippen LogP contribution in [0.3, 0.4) is 0 Å². The van der Waals surface area contributed by atoms with Crippen LogP contribution in [0.2, 0.25) is 10.0 Å². The molecule has 0 fully saturated rings. The van der Waals surface area contributed by atoms with Crippen LogP contribution in [0, 0.1) is 5.82 Å². The number of pyridine rings is 1. The Hall–Kier alpha value is -2.37. The molecule has 0 N–H and O–H groups in total. The van der Waals surface area contributed by atoms with E-state index in [0.29, 0.717) is 10.5 Å². The van der Waals surface area contributed by atoms with Crippen molar-refractivity contribution in [3.63, 3.8) is 0 Å². The van der Waals surface area contributed by atoms with E-state index in [0.717, 1.165) is 11.6 Å². The number of hydrogen-bond donors (Lipinski definition) is 0. The first-order chi connectivity index (χ1) is 12.4. The molecule has 0 aliphatic carbocycles. The maximum atomic E-state index is 13.9. The molecule has 0 unspecified atom stereocenters. The number of benzene rings is 2. The smallest absolute Gasteiger partial charge is 0.343 e. The summed E-state index contributed by atoms with van der Waals surface area (Å²) >= 11 is 12.1. The van der Waals surface area contributed by atoms with Crippen molar-refractivity contribution in [1.82, 2.24) is 4.57 Å². The first kappa shape index (κ1) is 18.4. The van der Waals surface area contributed by atoms with Crippen molar-refractivity contribution in [3.05, 3.63) is 79.8 Å². The van der Waals surface area contributed by atoms with Crippen LogP contribution in [-0.2, 0) is 11.3 Å². The summed E-state index contributed by atoms with van der Waals surface area (Å²) in [5, 5.41) is 0.462. The number of carbonyl (C=O) groups is 1. The molecule has 0 atom stereocenters. The van der Waals surface area contributed by atoms with Gasteiger partial charge in [0.05, 0.1) is 17.1 Å². The highest BCUT2D eigenvalue weighted by Crippen LogP contribution is 2.24. The second-order valence-electron chi connectivity index (χ2n) is 5.60. The summed E-state index contributed by atoms with van der Waals surface area (Å²) in [6.07, 6.45) is 1.39. The average molecular weight is 394 g/mol. The fourth-order valence-corrected chi connectivity index (χ4v) is 3.03. The third-order valence-electron chi connectivity index (χ3n) is 3.92. The number of rotatable bonds is 4. The van der Waals surface area contributed by atoms with Crippen LogP contribution in [0.1, 0.15) is 22.8 Å². The average Bonchev–Trinajstić information content (AvgIpc) is 2.61.